The Hall–Kier alpha value is -1.33. The molecule has 0 saturated carbocycles. The van der Waals surface area contributed by atoms with Gasteiger partial charge in [-0.05, 0) is 12.3 Å². The van der Waals surface area contributed by atoms with Crippen molar-refractivity contribution in [1.82, 2.24) is 15.0 Å². The number of methoxy groups -OCH3 is 1. The van der Waals surface area contributed by atoms with Gasteiger partial charge in [0.05, 0.1) is 12.8 Å². The first-order valence-electron chi connectivity index (χ1n) is 4.82. The topological polar surface area (TPSA) is 47.9 Å². The van der Waals surface area contributed by atoms with Crippen molar-refractivity contribution in [2.75, 3.05) is 13.4 Å². The summed E-state index contributed by atoms with van der Waals surface area (Å²) in [6.45, 7) is 0. The summed E-state index contributed by atoms with van der Waals surface area (Å²) in [7, 11) is 1.58. The van der Waals surface area contributed by atoms with Gasteiger partial charge in [-0.3, -0.25) is 0 Å². The average Bonchev–Trinajstić information content (AvgIpc) is 2.38. The van der Waals surface area contributed by atoms with Crippen LogP contribution in [0.2, 0.25) is 5.15 Å². The molecule has 2 rings (SSSR count). The third kappa shape index (κ3) is 2.87. The number of aromatic nitrogens is 3. The molecular formula is C11H10ClN3OS. The Bertz CT molecular complexity index is 519. The van der Waals surface area contributed by atoms with Crippen LogP contribution in [0.3, 0.4) is 0 Å². The molecule has 0 fully saturated rings. The minimum absolute atomic E-state index is 0.426. The highest BCUT2D eigenvalue weighted by atomic mass is 35.5. The summed E-state index contributed by atoms with van der Waals surface area (Å²) in [6, 6.07) is 5.38. The summed E-state index contributed by atoms with van der Waals surface area (Å²) in [6.07, 6.45) is 3.60. The molecule has 0 aliphatic rings. The van der Waals surface area contributed by atoms with E-state index in [9.17, 15) is 0 Å². The molecule has 0 N–H and O–H groups in total. The summed E-state index contributed by atoms with van der Waals surface area (Å²) in [5.41, 5.74) is 1.63. The van der Waals surface area contributed by atoms with E-state index in [4.69, 9.17) is 16.3 Å². The van der Waals surface area contributed by atoms with Gasteiger partial charge in [-0.2, -0.15) is 0 Å². The average molecular weight is 268 g/mol. The molecule has 0 radical (unpaired) electrons. The third-order valence-corrected chi connectivity index (χ3v) is 2.84. The van der Waals surface area contributed by atoms with Gasteiger partial charge in [0.15, 0.2) is 5.16 Å². The fourth-order valence-corrected chi connectivity index (χ4v) is 1.90. The predicted octanol–water partition coefficient (Wildman–Crippen LogP) is 2.92. The van der Waals surface area contributed by atoms with E-state index >= 15 is 0 Å². The maximum Gasteiger partial charge on any atom is 0.212 e. The second kappa shape index (κ2) is 5.33. The maximum atomic E-state index is 5.93. The van der Waals surface area contributed by atoms with E-state index in [2.05, 4.69) is 15.0 Å². The van der Waals surface area contributed by atoms with Crippen LogP contribution in [0, 0.1) is 0 Å². The van der Waals surface area contributed by atoms with E-state index in [-0.39, 0.29) is 0 Å². The van der Waals surface area contributed by atoms with Gasteiger partial charge >= 0.3 is 0 Å². The Labute approximate surface area is 108 Å². The molecule has 0 aliphatic heterocycles. The van der Waals surface area contributed by atoms with Crippen molar-refractivity contribution < 1.29 is 4.74 Å². The Morgan fingerprint density at radius 3 is 2.71 bits per heavy atom. The molecule has 17 heavy (non-hydrogen) atoms. The zero-order valence-corrected chi connectivity index (χ0v) is 10.9. The van der Waals surface area contributed by atoms with Gasteiger partial charge in [0, 0.05) is 23.9 Å². The highest BCUT2D eigenvalue weighted by Crippen LogP contribution is 2.23. The van der Waals surface area contributed by atoms with Crippen LogP contribution in [0.15, 0.2) is 29.6 Å². The molecule has 0 bridgehead atoms. The Morgan fingerprint density at radius 1 is 1.29 bits per heavy atom. The third-order valence-electron chi connectivity index (χ3n) is 2.10. The maximum absolute atomic E-state index is 5.93. The molecular weight excluding hydrogens is 258 g/mol. The van der Waals surface area contributed by atoms with Crippen molar-refractivity contribution in [2.24, 2.45) is 0 Å². The summed E-state index contributed by atoms with van der Waals surface area (Å²) in [4.78, 5) is 12.6. The number of pyridine rings is 1. The molecule has 0 saturated heterocycles. The quantitative estimate of drug-likeness (QED) is 0.486. The first kappa shape index (κ1) is 12.1. The molecule has 2 heterocycles. The van der Waals surface area contributed by atoms with Gasteiger partial charge in [0.25, 0.3) is 0 Å². The summed E-state index contributed by atoms with van der Waals surface area (Å²) in [5.74, 6) is 0.569. The molecule has 4 nitrogen and oxygen atoms in total. The minimum Gasteiger partial charge on any atom is -0.481 e. The Balaban J connectivity index is 2.41. The van der Waals surface area contributed by atoms with Gasteiger partial charge < -0.3 is 4.74 Å². The molecule has 0 aromatic carbocycles. The summed E-state index contributed by atoms with van der Waals surface area (Å²) >= 11 is 7.38. The number of hydrogen-bond donors (Lipinski definition) is 0. The normalized spacial score (nSPS) is 10.3. The second-order valence-corrected chi connectivity index (χ2v) is 4.31. The lowest BCUT2D eigenvalue weighted by atomic mass is 10.2. The summed E-state index contributed by atoms with van der Waals surface area (Å²) < 4.78 is 5.00. The van der Waals surface area contributed by atoms with Crippen molar-refractivity contribution in [2.45, 2.75) is 5.16 Å². The van der Waals surface area contributed by atoms with Gasteiger partial charge in [-0.1, -0.05) is 23.4 Å². The van der Waals surface area contributed by atoms with Crippen molar-refractivity contribution in [3.63, 3.8) is 0 Å². The smallest absolute Gasteiger partial charge is 0.212 e. The van der Waals surface area contributed by atoms with Crippen molar-refractivity contribution in [3.8, 4) is 17.1 Å². The molecule has 0 aliphatic carbocycles. The molecule has 0 amide bonds. The molecule has 2 aromatic rings. The lowest BCUT2D eigenvalue weighted by Crippen LogP contribution is -1.92. The fraction of sp³-hybridized carbons (Fsp3) is 0.182. The minimum atomic E-state index is 0.426. The largest absolute Gasteiger partial charge is 0.481 e. The van der Waals surface area contributed by atoms with Crippen LogP contribution in [0.4, 0.5) is 0 Å². The zero-order chi connectivity index (χ0) is 12.3. The first-order chi connectivity index (χ1) is 8.22. The highest BCUT2D eigenvalue weighted by molar-refractivity contribution is 7.98. The SMILES string of the molecule is COc1ccc(-c2cc(Cl)nc(SC)n2)cn1. The van der Waals surface area contributed by atoms with Gasteiger partial charge in [0.2, 0.25) is 5.88 Å². The molecule has 2 aromatic heterocycles. The zero-order valence-electron chi connectivity index (χ0n) is 9.35. The van der Waals surface area contributed by atoms with Crippen molar-refractivity contribution >= 4 is 23.4 Å². The predicted molar refractivity (Wildman–Crippen MR) is 68.6 cm³/mol. The number of halogens is 1. The summed E-state index contributed by atoms with van der Waals surface area (Å²) in [5, 5.41) is 1.07. The van der Waals surface area contributed by atoms with Crippen molar-refractivity contribution in [1.29, 1.82) is 0 Å². The van der Waals surface area contributed by atoms with Crippen LogP contribution in [0.1, 0.15) is 0 Å². The lowest BCUT2D eigenvalue weighted by molar-refractivity contribution is 0.398. The fourth-order valence-electron chi connectivity index (χ4n) is 1.29. The second-order valence-electron chi connectivity index (χ2n) is 3.15. The molecule has 0 spiro atoms. The van der Waals surface area contributed by atoms with E-state index in [0.29, 0.717) is 16.2 Å². The number of thioether (sulfide) groups is 1. The molecule has 0 unspecified atom stereocenters. The van der Waals surface area contributed by atoms with E-state index < -0.39 is 0 Å². The van der Waals surface area contributed by atoms with Crippen LogP contribution in [0.5, 0.6) is 5.88 Å². The molecule has 88 valence electrons. The van der Waals surface area contributed by atoms with Crippen molar-refractivity contribution in [3.05, 3.63) is 29.5 Å². The number of rotatable bonds is 3. The highest BCUT2D eigenvalue weighted by Gasteiger charge is 2.05. The van der Waals surface area contributed by atoms with E-state index in [0.717, 1.165) is 11.3 Å². The Kier molecular flexibility index (Phi) is 3.81. The van der Waals surface area contributed by atoms with E-state index in [1.165, 1.54) is 11.8 Å². The van der Waals surface area contributed by atoms with Gasteiger partial charge in [0.1, 0.15) is 5.15 Å². The number of hydrogen-bond acceptors (Lipinski definition) is 5. The number of ether oxygens (including phenoxy) is 1. The van der Waals surface area contributed by atoms with Crippen LogP contribution < -0.4 is 4.74 Å². The van der Waals surface area contributed by atoms with Gasteiger partial charge in [-0.15, -0.1) is 0 Å². The molecule has 0 atom stereocenters. The van der Waals surface area contributed by atoms with Gasteiger partial charge in [-0.25, -0.2) is 15.0 Å². The monoisotopic (exact) mass is 267 g/mol. The van der Waals surface area contributed by atoms with Crippen LogP contribution >= 0.6 is 23.4 Å². The number of nitrogens with zero attached hydrogens (tertiary/aromatic N) is 3. The Morgan fingerprint density at radius 2 is 2.12 bits per heavy atom. The molecule has 6 heteroatoms. The van der Waals surface area contributed by atoms with Crippen LogP contribution in [-0.2, 0) is 0 Å². The van der Waals surface area contributed by atoms with Crippen LogP contribution in [0.25, 0.3) is 11.3 Å². The van der Waals surface area contributed by atoms with E-state index in [1.54, 1.807) is 25.4 Å². The lowest BCUT2D eigenvalue weighted by Gasteiger charge is -2.04. The van der Waals surface area contributed by atoms with E-state index in [1.807, 2.05) is 12.3 Å². The standard InChI is InChI=1S/C11H10ClN3OS/c1-16-10-4-3-7(6-13-10)8-5-9(12)15-11(14-8)17-2/h3-6H,1-2H3. The first-order valence-corrected chi connectivity index (χ1v) is 6.42. The van der Waals surface area contributed by atoms with Crippen LogP contribution in [-0.4, -0.2) is 28.3 Å².